The first kappa shape index (κ1) is 14.1. The average Bonchev–Trinajstić information content (AvgIpc) is 2.76. The van der Waals surface area contributed by atoms with Crippen LogP contribution >= 0.6 is 11.6 Å². The zero-order valence-electron chi connectivity index (χ0n) is 12.0. The summed E-state index contributed by atoms with van der Waals surface area (Å²) in [5.41, 5.74) is 9.60. The molecule has 1 atom stereocenters. The Morgan fingerprint density at radius 1 is 1.24 bits per heavy atom. The molecule has 1 aromatic carbocycles. The van der Waals surface area contributed by atoms with Crippen LogP contribution in [0.15, 0.2) is 48.9 Å². The first-order chi connectivity index (χ1) is 10.1. The van der Waals surface area contributed by atoms with Crippen molar-refractivity contribution in [1.29, 1.82) is 0 Å². The normalized spacial score (nSPS) is 12.7. The summed E-state index contributed by atoms with van der Waals surface area (Å²) in [5, 5.41) is 1.98. The summed E-state index contributed by atoms with van der Waals surface area (Å²) in [5.74, 6) is 0. The number of nitrogens with zero attached hydrogens (tertiary/aromatic N) is 2. The van der Waals surface area contributed by atoms with Crippen molar-refractivity contribution in [1.82, 2.24) is 9.55 Å². The molecular formula is C17H18ClN3. The molecule has 0 aliphatic carbocycles. The second kappa shape index (κ2) is 5.88. The molecule has 108 valence electrons. The SMILES string of the molecule is CC(N)Cc1cn(Cc2ccncc2)c2cc(Cl)ccc12. The number of aromatic nitrogens is 2. The number of hydrogen-bond donors (Lipinski definition) is 1. The fraction of sp³-hybridized carbons (Fsp3) is 0.235. The molecule has 4 heteroatoms. The van der Waals surface area contributed by atoms with Crippen LogP contribution in [0.2, 0.25) is 5.02 Å². The van der Waals surface area contributed by atoms with Crippen molar-refractivity contribution < 1.29 is 0 Å². The van der Waals surface area contributed by atoms with Crippen molar-refractivity contribution in [2.24, 2.45) is 5.73 Å². The summed E-state index contributed by atoms with van der Waals surface area (Å²) in [6, 6.07) is 10.2. The number of halogens is 1. The molecule has 2 N–H and O–H groups in total. The van der Waals surface area contributed by atoms with E-state index in [2.05, 4.69) is 21.8 Å². The number of fused-ring (bicyclic) bond motifs is 1. The third-order valence-corrected chi connectivity index (χ3v) is 3.81. The summed E-state index contributed by atoms with van der Waals surface area (Å²) >= 11 is 6.16. The van der Waals surface area contributed by atoms with Gasteiger partial charge >= 0.3 is 0 Å². The van der Waals surface area contributed by atoms with Gasteiger partial charge in [-0.15, -0.1) is 0 Å². The Bertz CT molecular complexity index is 747. The van der Waals surface area contributed by atoms with Gasteiger partial charge in [-0.1, -0.05) is 17.7 Å². The number of benzene rings is 1. The molecule has 0 aliphatic rings. The van der Waals surface area contributed by atoms with Gasteiger partial charge in [-0.05, 0) is 48.7 Å². The molecule has 0 fully saturated rings. The maximum absolute atomic E-state index is 6.16. The van der Waals surface area contributed by atoms with Crippen LogP contribution in [0.1, 0.15) is 18.1 Å². The second-order valence-electron chi connectivity index (χ2n) is 5.48. The molecule has 21 heavy (non-hydrogen) atoms. The van der Waals surface area contributed by atoms with Crippen LogP contribution in [0.5, 0.6) is 0 Å². The van der Waals surface area contributed by atoms with Crippen LogP contribution in [0, 0.1) is 0 Å². The standard InChI is InChI=1S/C17H18ClN3/c1-12(19)8-14-11-21(10-13-4-6-20-7-5-13)17-9-15(18)2-3-16(14)17/h2-7,9,11-12H,8,10,19H2,1H3. The van der Waals surface area contributed by atoms with Gasteiger partial charge in [-0.3, -0.25) is 4.98 Å². The van der Waals surface area contributed by atoms with E-state index in [1.54, 1.807) is 0 Å². The lowest BCUT2D eigenvalue weighted by molar-refractivity contribution is 0.735. The van der Waals surface area contributed by atoms with E-state index in [9.17, 15) is 0 Å². The van der Waals surface area contributed by atoms with Gasteiger partial charge in [-0.25, -0.2) is 0 Å². The van der Waals surface area contributed by atoms with Gasteiger partial charge in [0.25, 0.3) is 0 Å². The quantitative estimate of drug-likeness (QED) is 0.799. The van der Waals surface area contributed by atoms with Crippen LogP contribution in [0.3, 0.4) is 0 Å². The third kappa shape index (κ3) is 3.09. The lowest BCUT2D eigenvalue weighted by Crippen LogP contribution is -2.17. The van der Waals surface area contributed by atoms with Gasteiger partial charge < -0.3 is 10.3 Å². The average molecular weight is 300 g/mol. The lowest BCUT2D eigenvalue weighted by atomic mass is 10.1. The Hall–Kier alpha value is -1.84. The molecule has 0 bridgehead atoms. The maximum atomic E-state index is 6.16. The molecule has 0 aliphatic heterocycles. The molecule has 0 amide bonds. The molecule has 3 rings (SSSR count). The van der Waals surface area contributed by atoms with Crippen molar-refractivity contribution in [2.75, 3.05) is 0 Å². The number of nitrogens with two attached hydrogens (primary N) is 1. The number of rotatable bonds is 4. The van der Waals surface area contributed by atoms with Gasteiger partial charge in [-0.2, -0.15) is 0 Å². The van der Waals surface area contributed by atoms with Crippen molar-refractivity contribution in [3.05, 3.63) is 65.1 Å². The zero-order valence-corrected chi connectivity index (χ0v) is 12.7. The molecular weight excluding hydrogens is 282 g/mol. The van der Waals surface area contributed by atoms with E-state index < -0.39 is 0 Å². The number of pyridine rings is 1. The maximum Gasteiger partial charge on any atom is 0.0501 e. The van der Waals surface area contributed by atoms with E-state index in [4.69, 9.17) is 17.3 Å². The van der Waals surface area contributed by atoms with Crippen LogP contribution in [-0.2, 0) is 13.0 Å². The highest BCUT2D eigenvalue weighted by molar-refractivity contribution is 6.31. The second-order valence-corrected chi connectivity index (χ2v) is 5.92. The summed E-state index contributed by atoms with van der Waals surface area (Å²) in [6.07, 6.45) is 6.68. The first-order valence-electron chi connectivity index (χ1n) is 7.05. The molecule has 2 aromatic heterocycles. The molecule has 0 radical (unpaired) electrons. The smallest absolute Gasteiger partial charge is 0.0501 e. The Labute approximate surface area is 129 Å². The fourth-order valence-corrected chi connectivity index (χ4v) is 2.83. The predicted molar refractivity (Wildman–Crippen MR) is 87.6 cm³/mol. The van der Waals surface area contributed by atoms with Gasteiger partial charge in [0.05, 0.1) is 5.52 Å². The summed E-state index contributed by atoms with van der Waals surface area (Å²) in [4.78, 5) is 4.06. The summed E-state index contributed by atoms with van der Waals surface area (Å²) < 4.78 is 2.23. The van der Waals surface area contributed by atoms with Crippen LogP contribution in [0.4, 0.5) is 0 Å². The molecule has 0 spiro atoms. The van der Waals surface area contributed by atoms with E-state index in [0.29, 0.717) is 0 Å². The van der Waals surface area contributed by atoms with Crippen molar-refractivity contribution in [3.63, 3.8) is 0 Å². The molecule has 1 unspecified atom stereocenters. The van der Waals surface area contributed by atoms with E-state index in [1.807, 2.05) is 43.6 Å². The number of hydrogen-bond acceptors (Lipinski definition) is 2. The minimum absolute atomic E-state index is 0.139. The summed E-state index contributed by atoms with van der Waals surface area (Å²) in [6.45, 7) is 2.83. The van der Waals surface area contributed by atoms with E-state index in [1.165, 1.54) is 16.5 Å². The largest absolute Gasteiger partial charge is 0.343 e. The first-order valence-corrected chi connectivity index (χ1v) is 7.43. The Morgan fingerprint density at radius 3 is 2.71 bits per heavy atom. The highest BCUT2D eigenvalue weighted by atomic mass is 35.5. The minimum Gasteiger partial charge on any atom is -0.343 e. The molecule has 2 heterocycles. The van der Waals surface area contributed by atoms with Crippen LogP contribution in [-0.4, -0.2) is 15.6 Å². The molecule has 3 aromatic rings. The van der Waals surface area contributed by atoms with Crippen molar-refractivity contribution in [3.8, 4) is 0 Å². The van der Waals surface area contributed by atoms with Crippen LogP contribution < -0.4 is 5.73 Å². The van der Waals surface area contributed by atoms with E-state index >= 15 is 0 Å². The van der Waals surface area contributed by atoms with Crippen LogP contribution in [0.25, 0.3) is 10.9 Å². The van der Waals surface area contributed by atoms with E-state index in [0.717, 1.165) is 23.5 Å². The van der Waals surface area contributed by atoms with Gasteiger partial charge in [0.1, 0.15) is 0 Å². The predicted octanol–water partition coefficient (Wildman–Crippen LogP) is 3.63. The van der Waals surface area contributed by atoms with Gasteiger partial charge in [0.15, 0.2) is 0 Å². The minimum atomic E-state index is 0.139. The molecule has 0 saturated heterocycles. The Kier molecular flexibility index (Phi) is 3.95. The highest BCUT2D eigenvalue weighted by Gasteiger charge is 2.11. The molecule has 3 nitrogen and oxygen atoms in total. The third-order valence-electron chi connectivity index (χ3n) is 3.57. The van der Waals surface area contributed by atoms with Gasteiger partial charge in [0.2, 0.25) is 0 Å². The van der Waals surface area contributed by atoms with Crippen molar-refractivity contribution >= 4 is 22.5 Å². The van der Waals surface area contributed by atoms with Crippen molar-refractivity contribution in [2.45, 2.75) is 25.9 Å². The fourth-order valence-electron chi connectivity index (χ4n) is 2.67. The lowest BCUT2D eigenvalue weighted by Gasteiger charge is -2.05. The summed E-state index contributed by atoms with van der Waals surface area (Å²) in [7, 11) is 0. The van der Waals surface area contributed by atoms with Gasteiger partial charge in [0, 0.05) is 41.6 Å². The molecule has 0 saturated carbocycles. The monoisotopic (exact) mass is 299 g/mol. The highest BCUT2D eigenvalue weighted by Crippen LogP contribution is 2.26. The topological polar surface area (TPSA) is 43.8 Å². The van der Waals surface area contributed by atoms with E-state index in [-0.39, 0.29) is 6.04 Å². The zero-order chi connectivity index (χ0) is 14.8. The Balaban J connectivity index is 2.06. The Morgan fingerprint density at radius 2 is 2.00 bits per heavy atom.